The average Bonchev–Trinajstić information content (AvgIpc) is 2.69. The Morgan fingerprint density at radius 1 is 1.07 bits per heavy atom. The third-order valence-corrected chi connectivity index (χ3v) is 4.93. The largest absolute Gasteiger partial charge is 0.440 e. The van der Waals surface area contributed by atoms with Gasteiger partial charge < -0.3 is 9.84 Å². The van der Waals surface area contributed by atoms with Crippen molar-refractivity contribution < 1.29 is 14.6 Å². The van der Waals surface area contributed by atoms with Gasteiger partial charge in [-0.1, -0.05) is 81.5 Å². The SMILES string of the molecule is CC(C)C.CC(CO)SNC(=O)OC1Cc2ccccc2/C=C\c2ccccc21. The summed E-state index contributed by atoms with van der Waals surface area (Å²) in [6.07, 6.45) is 3.91. The minimum Gasteiger partial charge on any atom is -0.440 e. The number of carbonyl (C=O) groups is 1. The summed E-state index contributed by atoms with van der Waals surface area (Å²) < 4.78 is 8.37. The summed E-state index contributed by atoms with van der Waals surface area (Å²) in [4.78, 5) is 12.2. The maximum Gasteiger partial charge on any atom is 0.417 e. The van der Waals surface area contributed by atoms with Gasteiger partial charge in [-0.05, 0) is 41.5 Å². The minimum absolute atomic E-state index is 0.00458. The van der Waals surface area contributed by atoms with E-state index in [4.69, 9.17) is 9.84 Å². The number of amides is 1. The molecule has 1 aliphatic carbocycles. The lowest BCUT2D eigenvalue weighted by molar-refractivity contribution is 0.103. The highest BCUT2D eigenvalue weighted by Gasteiger charge is 2.22. The predicted octanol–water partition coefficient (Wildman–Crippen LogP) is 5.87. The fourth-order valence-electron chi connectivity index (χ4n) is 2.77. The van der Waals surface area contributed by atoms with Crippen molar-refractivity contribution in [3.8, 4) is 0 Å². The van der Waals surface area contributed by atoms with Gasteiger partial charge in [-0.15, -0.1) is 0 Å². The fraction of sp³-hybridized carbons (Fsp3) is 0.375. The number of carbonyl (C=O) groups excluding carboxylic acids is 1. The molecule has 0 heterocycles. The number of aliphatic hydroxyl groups excluding tert-OH is 1. The van der Waals surface area contributed by atoms with E-state index in [2.05, 4.69) is 49.8 Å². The molecular formula is C24H31NO3S. The number of rotatable bonds is 4. The molecule has 0 aromatic heterocycles. The molecule has 2 aromatic rings. The standard InChI is InChI=1S/C20H21NO3S.C4H10/c1-14(13-22)25-21-20(23)24-19-12-17-8-3-2-6-15(17)10-11-16-7-4-5-9-18(16)19;1-4(2)3/h2-11,14,19,22H,12-13H2,1H3,(H,21,23);4H,1-3H3/b11-10-;. The second-order valence-electron chi connectivity index (χ2n) is 7.70. The maximum atomic E-state index is 12.2. The monoisotopic (exact) mass is 413 g/mol. The van der Waals surface area contributed by atoms with Crippen molar-refractivity contribution in [1.82, 2.24) is 4.72 Å². The van der Waals surface area contributed by atoms with Gasteiger partial charge in [0.2, 0.25) is 0 Å². The zero-order chi connectivity index (χ0) is 21.2. The summed E-state index contributed by atoms with van der Waals surface area (Å²) in [6, 6.07) is 16.1. The van der Waals surface area contributed by atoms with Crippen molar-refractivity contribution in [2.75, 3.05) is 6.61 Å². The van der Waals surface area contributed by atoms with Gasteiger partial charge in [-0.25, -0.2) is 4.79 Å². The topological polar surface area (TPSA) is 58.6 Å². The van der Waals surface area contributed by atoms with E-state index in [1.165, 1.54) is 0 Å². The summed E-state index contributed by atoms with van der Waals surface area (Å²) in [5.41, 5.74) is 4.31. The molecule has 0 spiro atoms. The van der Waals surface area contributed by atoms with E-state index in [-0.39, 0.29) is 18.0 Å². The molecule has 2 aromatic carbocycles. The molecule has 0 bridgehead atoms. The summed E-state index contributed by atoms with van der Waals surface area (Å²) >= 11 is 1.16. The summed E-state index contributed by atoms with van der Waals surface area (Å²) in [7, 11) is 0. The molecule has 29 heavy (non-hydrogen) atoms. The van der Waals surface area contributed by atoms with E-state index in [0.717, 1.165) is 40.1 Å². The first kappa shape index (κ1) is 23.0. The van der Waals surface area contributed by atoms with Crippen LogP contribution in [0.2, 0.25) is 0 Å². The molecule has 0 saturated heterocycles. The van der Waals surface area contributed by atoms with Crippen LogP contribution in [-0.2, 0) is 11.2 Å². The lowest BCUT2D eigenvalue weighted by Crippen LogP contribution is -2.25. The van der Waals surface area contributed by atoms with E-state index in [9.17, 15) is 4.79 Å². The van der Waals surface area contributed by atoms with Crippen LogP contribution in [0.25, 0.3) is 12.2 Å². The number of aliphatic hydroxyl groups is 1. The molecule has 1 amide bonds. The second-order valence-corrected chi connectivity index (χ2v) is 8.95. The molecular weight excluding hydrogens is 382 g/mol. The van der Waals surface area contributed by atoms with Gasteiger partial charge in [0.25, 0.3) is 0 Å². The molecule has 0 saturated carbocycles. The Labute approximate surface area is 178 Å². The van der Waals surface area contributed by atoms with E-state index in [1.807, 2.05) is 43.3 Å². The molecule has 0 radical (unpaired) electrons. The van der Waals surface area contributed by atoms with Crippen molar-refractivity contribution in [3.63, 3.8) is 0 Å². The Morgan fingerprint density at radius 3 is 2.34 bits per heavy atom. The highest BCUT2D eigenvalue weighted by atomic mass is 32.2. The van der Waals surface area contributed by atoms with Crippen LogP contribution in [0.4, 0.5) is 4.79 Å². The van der Waals surface area contributed by atoms with Gasteiger partial charge in [-0.3, -0.25) is 4.72 Å². The van der Waals surface area contributed by atoms with Crippen molar-refractivity contribution in [3.05, 3.63) is 70.8 Å². The Morgan fingerprint density at radius 2 is 1.66 bits per heavy atom. The van der Waals surface area contributed by atoms with Gasteiger partial charge in [0.15, 0.2) is 0 Å². The van der Waals surface area contributed by atoms with E-state index >= 15 is 0 Å². The third-order valence-electron chi connectivity index (χ3n) is 4.10. The molecule has 3 rings (SSSR count). The first-order valence-corrected chi connectivity index (χ1v) is 10.9. The molecule has 156 valence electrons. The quantitative estimate of drug-likeness (QED) is 0.615. The van der Waals surface area contributed by atoms with Gasteiger partial charge in [0.1, 0.15) is 6.10 Å². The molecule has 2 unspecified atom stereocenters. The van der Waals surface area contributed by atoms with Crippen LogP contribution in [0, 0.1) is 5.92 Å². The van der Waals surface area contributed by atoms with Crippen LogP contribution in [0.1, 0.15) is 56.1 Å². The Hall–Kier alpha value is -2.24. The number of hydrogen-bond donors (Lipinski definition) is 2. The van der Waals surface area contributed by atoms with E-state index in [0.29, 0.717) is 6.42 Å². The maximum absolute atomic E-state index is 12.2. The number of nitrogens with one attached hydrogen (secondary N) is 1. The highest BCUT2D eigenvalue weighted by Crippen LogP contribution is 2.31. The summed E-state index contributed by atoms with van der Waals surface area (Å²) in [5, 5.41) is 8.97. The Bertz CT molecular complexity index is 817. The third kappa shape index (κ3) is 7.59. The zero-order valence-electron chi connectivity index (χ0n) is 17.6. The van der Waals surface area contributed by atoms with Crippen molar-refractivity contribution in [1.29, 1.82) is 0 Å². The molecule has 0 aliphatic heterocycles. The van der Waals surface area contributed by atoms with Crippen LogP contribution >= 0.6 is 11.9 Å². The molecule has 5 heteroatoms. The molecule has 4 nitrogen and oxygen atoms in total. The lowest BCUT2D eigenvalue weighted by Gasteiger charge is -2.23. The molecule has 2 N–H and O–H groups in total. The summed E-state index contributed by atoms with van der Waals surface area (Å²) in [6.45, 7) is 8.33. The Kier molecular flexibility index (Phi) is 9.29. The number of ether oxygens (including phenoxy) is 1. The van der Waals surface area contributed by atoms with Crippen molar-refractivity contribution in [2.45, 2.75) is 45.5 Å². The highest BCUT2D eigenvalue weighted by molar-refractivity contribution is 7.98. The minimum atomic E-state index is -0.493. The molecule has 2 atom stereocenters. The van der Waals surface area contributed by atoms with Crippen LogP contribution in [-0.4, -0.2) is 23.1 Å². The summed E-state index contributed by atoms with van der Waals surface area (Å²) in [5.74, 6) is 0.833. The Balaban J connectivity index is 0.000000687. The normalized spacial score (nSPS) is 16.8. The lowest BCUT2D eigenvalue weighted by atomic mass is 9.91. The van der Waals surface area contributed by atoms with Crippen molar-refractivity contribution >= 4 is 30.2 Å². The number of fused-ring (bicyclic) bond motifs is 2. The van der Waals surface area contributed by atoms with Crippen molar-refractivity contribution in [2.24, 2.45) is 5.92 Å². The van der Waals surface area contributed by atoms with E-state index < -0.39 is 6.09 Å². The van der Waals surface area contributed by atoms with E-state index in [1.54, 1.807) is 0 Å². The van der Waals surface area contributed by atoms with Gasteiger partial charge >= 0.3 is 6.09 Å². The number of hydrogen-bond acceptors (Lipinski definition) is 4. The van der Waals surface area contributed by atoms with Gasteiger partial charge in [0, 0.05) is 17.2 Å². The van der Waals surface area contributed by atoms with Crippen LogP contribution in [0.15, 0.2) is 48.5 Å². The van der Waals surface area contributed by atoms with Crippen LogP contribution < -0.4 is 4.72 Å². The second kappa shape index (κ2) is 11.7. The van der Waals surface area contributed by atoms with Gasteiger partial charge in [-0.2, -0.15) is 0 Å². The first-order valence-electron chi connectivity index (χ1n) is 9.98. The number of benzene rings is 2. The zero-order valence-corrected chi connectivity index (χ0v) is 18.4. The molecule has 0 fully saturated rings. The van der Waals surface area contributed by atoms with Crippen LogP contribution in [0.3, 0.4) is 0 Å². The van der Waals surface area contributed by atoms with Gasteiger partial charge in [0.05, 0.1) is 6.61 Å². The predicted molar refractivity (Wildman–Crippen MR) is 123 cm³/mol. The molecule has 1 aliphatic rings. The smallest absolute Gasteiger partial charge is 0.417 e. The average molecular weight is 414 g/mol. The first-order chi connectivity index (χ1) is 13.9. The van der Waals surface area contributed by atoms with Crippen LogP contribution in [0.5, 0.6) is 0 Å². The fourth-order valence-corrected chi connectivity index (χ4v) is 3.19.